The second kappa shape index (κ2) is 8.30. The molecule has 3 rings (SSSR count). The molecule has 4 nitrogen and oxygen atoms in total. The molecular weight excluding hydrogens is 330 g/mol. The second-order valence-electron chi connectivity index (χ2n) is 7.19. The number of aliphatic hydroxyl groups excluding tert-OH is 1. The van der Waals surface area contributed by atoms with E-state index in [1.807, 2.05) is 6.07 Å². The molecule has 2 heterocycles. The van der Waals surface area contributed by atoms with Crippen LogP contribution in [-0.2, 0) is 6.42 Å². The van der Waals surface area contributed by atoms with Crippen LogP contribution in [0.2, 0.25) is 0 Å². The SMILES string of the molecule is CCc1csc(N2[C@H](CO)[C@H](c3ccccc3)[C@H]2CNCC(C)C)n1. The number of aryl methyl sites for hydroxylation is 1. The Morgan fingerprint density at radius 3 is 2.60 bits per heavy atom. The molecule has 1 aromatic heterocycles. The summed E-state index contributed by atoms with van der Waals surface area (Å²) in [5.41, 5.74) is 2.44. The van der Waals surface area contributed by atoms with E-state index in [4.69, 9.17) is 4.98 Å². The van der Waals surface area contributed by atoms with Crippen LogP contribution in [0.25, 0.3) is 0 Å². The van der Waals surface area contributed by atoms with Crippen molar-refractivity contribution in [3.05, 3.63) is 47.0 Å². The van der Waals surface area contributed by atoms with Gasteiger partial charge in [0.1, 0.15) is 0 Å². The van der Waals surface area contributed by atoms with Crippen molar-refractivity contribution in [2.24, 2.45) is 5.92 Å². The highest BCUT2D eigenvalue weighted by atomic mass is 32.1. The molecule has 2 N–H and O–H groups in total. The first kappa shape index (κ1) is 18.4. The molecule has 3 atom stereocenters. The minimum Gasteiger partial charge on any atom is -0.394 e. The Morgan fingerprint density at radius 1 is 1.24 bits per heavy atom. The highest BCUT2D eigenvalue weighted by Gasteiger charge is 2.49. The molecular formula is C20H29N3OS. The fourth-order valence-electron chi connectivity index (χ4n) is 3.67. The number of aliphatic hydroxyl groups is 1. The van der Waals surface area contributed by atoms with Crippen molar-refractivity contribution in [1.29, 1.82) is 0 Å². The summed E-state index contributed by atoms with van der Waals surface area (Å²) in [6, 6.07) is 11.0. The van der Waals surface area contributed by atoms with Crippen molar-refractivity contribution in [2.75, 3.05) is 24.6 Å². The molecule has 0 unspecified atom stereocenters. The Labute approximate surface area is 154 Å². The van der Waals surface area contributed by atoms with Crippen LogP contribution in [0.15, 0.2) is 35.7 Å². The van der Waals surface area contributed by atoms with Crippen LogP contribution in [0.4, 0.5) is 5.13 Å². The van der Waals surface area contributed by atoms with E-state index in [1.165, 1.54) is 5.56 Å². The van der Waals surface area contributed by atoms with Gasteiger partial charge in [-0.05, 0) is 24.4 Å². The molecule has 0 bridgehead atoms. The Kier molecular flexibility index (Phi) is 6.10. The van der Waals surface area contributed by atoms with Crippen molar-refractivity contribution in [1.82, 2.24) is 10.3 Å². The molecule has 25 heavy (non-hydrogen) atoms. The number of aromatic nitrogens is 1. The predicted molar refractivity (Wildman–Crippen MR) is 106 cm³/mol. The van der Waals surface area contributed by atoms with Gasteiger partial charge >= 0.3 is 0 Å². The fourth-order valence-corrected chi connectivity index (χ4v) is 4.70. The maximum Gasteiger partial charge on any atom is 0.186 e. The quantitative estimate of drug-likeness (QED) is 0.759. The van der Waals surface area contributed by atoms with Crippen LogP contribution >= 0.6 is 11.3 Å². The summed E-state index contributed by atoms with van der Waals surface area (Å²) in [7, 11) is 0. The first-order valence-electron chi connectivity index (χ1n) is 9.25. The van der Waals surface area contributed by atoms with E-state index in [-0.39, 0.29) is 12.6 Å². The lowest BCUT2D eigenvalue weighted by Gasteiger charge is -2.55. The average Bonchev–Trinajstić information content (AvgIpc) is 3.06. The summed E-state index contributed by atoms with van der Waals surface area (Å²) in [6.07, 6.45) is 0.951. The van der Waals surface area contributed by atoms with Crippen LogP contribution in [0.3, 0.4) is 0 Å². The zero-order valence-corrected chi connectivity index (χ0v) is 16.2. The zero-order chi connectivity index (χ0) is 17.8. The van der Waals surface area contributed by atoms with Crippen LogP contribution < -0.4 is 10.2 Å². The third-order valence-electron chi connectivity index (χ3n) is 4.94. The molecule has 0 saturated carbocycles. The predicted octanol–water partition coefficient (Wildman–Crippen LogP) is 3.28. The van der Waals surface area contributed by atoms with Crippen molar-refractivity contribution in [2.45, 2.75) is 45.2 Å². The van der Waals surface area contributed by atoms with Gasteiger partial charge in [-0.1, -0.05) is 51.1 Å². The van der Waals surface area contributed by atoms with Gasteiger partial charge in [-0.2, -0.15) is 0 Å². The number of benzene rings is 1. The summed E-state index contributed by atoms with van der Waals surface area (Å²) in [6.45, 7) is 8.66. The van der Waals surface area contributed by atoms with E-state index < -0.39 is 0 Å². The van der Waals surface area contributed by atoms with Gasteiger partial charge in [-0.3, -0.25) is 0 Å². The van der Waals surface area contributed by atoms with E-state index >= 15 is 0 Å². The number of anilines is 1. The summed E-state index contributed by atoms with van der Waals surface area (Å²) < 4.78 is 0. The molecule has 1 aliphatic heterocycles. The molecule has 1 saturated heterocycles. The molecule has 1 fully saturated rings. The van der Waals surface area contributed by atoms with Gasteiger partial charge in [0.25, 0.3) is 0 Å². The second-order valence-corrected chi connectivity index (χ2v) is 8.02. The molecule has 1 aliphatic rings. The fraction of sp³-hybridized carbons (Fsp3) is 0.550. The van der Waals surface area contributed by atoms with Gasteiger partial charge in [0, 0.05) is 17.8 Å². The van der Waals surface area contributed by atoms with Crippen molar-refractivity contribution >= 4 is 16.5 Å². The smallest absolute Gasteiger partial charge is 0.186 e. The summed E-state index contributed by atoms with van der Waals surface area (Å²) >= 11 is 1.69. The molecule has 0 aliphatic carbocycles. The van der Waals surface area contributed by atoms with Crippen molar-refractivity contribution in [3.63, 3.8) is 0 Å². The number of hydrogen-bond donors (Lipinski definition) is 2. The van der Waals surface area contributed by atoms with Gasteiger partial charge in [0.05, 0.1) is 24.4 Å². The minimum absolute atomic E-state index is 0.101. The molecule has 1 aromatic carbocycles. The van der Waals surface area contributed by atoms with Crippen LogP contribution in [-0.4, -0.2) is 41.9 Å². The number of thiazole rings is 1. The van der Waals surface area contributed by atoms with Gasteiger partial charge in [-0.25, -0.2) is 4.98 Å². The van der Waals surface area contributed by atoms with Crippen LogP contribution in [0.1, 0.15) is 37.9 Å². The summed E-state index contributed by atoms with van der Waals surface area (Å²) in [5, 5.41) is 16.8. The van der Waals surface area contributed by atoms with Gasteiger partial charge in [-0.15, -0.1) is 11.3 Å². The lowest BCUT2D eigenvalue weighted by molar-refractivity contribution is 0.166. The monoisotopic (exact) mass is 359 g/mol. The van der Waals surface area contributed by atoms with Gasteiger partial charge in [0.15, 0.2) is 5.13 Å². The Bertz CT molecular complexity index is 658. The van der Waals surface area contributed by atoms with Gasteiger partial charge in [0.2, 0.25) is 0 Å². The van der Waals surface area contributed by atoms with Crippen LogP contribution in [0, 0.1) is 5.92 Å². The van der Waals surface area contributed by atoms with Crippen molar-refractivity contribution in [3.8, 4) is 0 Å². The molecule has 5 heteroatoms. The minimum atomic E-state index is 0.101. The molecule has 0 radical (unpaired) electrons. The molecule has 0 amide bonds. The maximum atomic E-state index is 10.1. The number of nitrogens with one attached hydrogen (secondary N) is 1. The zero-order valence-electron chi connectivity index (χ0n) is 15.4. The Hall–Kier alpha value is -1.43. The van der Waals surface area contributed by atoms with E-state index in [1.54, 1.807) is 11.3 Å². The highest BCUT2D eigenvalue weighted by Crippen LogP contribution is 2.44. The lowest BCUT2D eigenvalue weighted by Crippen LogP contribution is -2.67. The number of rotatable bonds is 8. The van der Waals surface area contributed by atoms with E-state index in [2.05, 4.69) is 60.6 Å². The first-order chi connectivity index (χ1) is 12.2. The largest absolute Gasteiger partial charge is 0.394 e. The Morgan fingerprint density at radius 2 is 2.00 bits per heavy atom. The van der Waals surface area contributed by atoms with E-state index in [9.17, 15) is 5.11 Å². The van der Waals surface area contributed by atoms with E-state index in [0.29, 0.717) is 17.9 Å². The summed E-state index contributed by atoms with van der Waals surface area (Å²) in [4.78, 5) is 7.10. The topological polar surface area (TPSA) is 48.4 Å². The molecule has 2 aromatic rings. The highest BCUT2D eigenvalue weighted by molar-refractivity contribution is 7.13. The van der Waals surface area contributed by atoms with Crippen LogP contribution in [0.5, 0.6) is 0 Å². The molecule has 136 valence electrons. The Balaban J connectivity index is 1.83. The standard InChI is InChI=1S/C20H29N3OS/c1-4-16-13-25-20(22-16)23-17(11-21-10-14(2)3)19(18(23)12-24)15-8-6-5-7-9-15/h5-9,13-14,17-19,21,24H,4,10-12H2,1-3H3/t17-,18-,19-/m1/s1. The first-order valence-corrected chi connectivity index (χ1v) is 10.1. The normalized spacial score (nSPS) is 23.1. The lowest BCUT2D eigenvalue weighted by atomic mass is 9.75. The maximum absolute atomic E-state index is 10.1. The van der Waals surface area contributed by atoms with Crippen molar-refractivity contribution < 1.29 is 5.11 Å². The number of hydrogen-bond acceptors (Lipinski definition) is 5. The summed E-state index contributed by atoms with van der Waals surface area (Å²) in [5.74, 6) is 0.962. The van der Waals surface area contributed by atoms with E-state index in [0.717, 1.165) is 30.3 Å². The average molecular weight is 360 g/mol. The van der Waals surface area contributed by atoms with Gasteiger partial charge < -0.3 is 15.3 Å². The molecule has 0 spiro atoms. The third kappa shape index (κ3) is 3.89. The number of nitrogens with zero attached hydrogens (tertiary/aromatic N) is 2. The third-order valence-corrected chi connectivity index (χ3v) is 5.85.